The number of ether oxygens (including phenoxy) is 3. The second-order valence-electron chi connectivity index (χ2n) is 7.12. The minimum atomic E-state index is 0.0411. The average molecular weight is 369 g/mol. The normalized spacial score (nSPS) is 16.3. The standard InChI is InChI=1S/C21H36O3S/c1-2-3-4-5-6-7-8-9-10-11-12-13-14-22-15-19-16-23-20-17-25-18-21(20)24-19/h17-19H,2-16H2,1H3. The number of hydrogen-bond donors (Lipinski definition) is 0. The fraction of sp³-hybridized carbons (Fsp3) is 0.810. The van der Waals surface area contributed by atoms with Crippen LogP contribution in [0, 0.1) is 0 Å². The predicted octanol–water partition coefficient (Wildman–Crippen LogP) is 6.61. The van der Waals surface area contributed by atoms with E-state index in [9.17, 15) is 0 Å². The van der Waals surface area contributed by atoms with Crippen molar-refractivity contribution in [3.63, 3.8) is 0 Å². The monoisotopic (exact) mass is 368 g/mol. The Labute approximate surface area is 158 Å². The highest BCUT2D eigenvalue weighted by Crippen LogP contribution is 2.35. The van der Waals surface area contributed by atoms with Gasteiger partial charge < -0.3 is 14.2 Å². The minimum absolute atomic E-state index is 0.0411. The molecule has 2 rings (SSSR count). The van der Waals surface area contributed by atoms with Gasteiger partial charge in [-0.2, -0.15) is 0 Å². The number of rotatable bonds is 15. The Hall–Kier alpha value is -0.740. The molecule has 0 spiro atoms. The third-order valence-corrected chi connectivity index (χ3v) is 5.46. The van der Waals surface area contributed by atoms with E-state index in [1.54, 1.807) is 11.3 Å². The molecule has 1 aliphatic rings. The lowest BCUT2D eigenvalue weighted by molar-refractivity contribution is 0.00842. The first kappa shape index (κ1) is 20.6. The predicted molar refractivity (Wildman–Crippen MR) is 106 cm³/mol. The third-order valence-electron chi connectivity index (χ3n) is 4.76. The topological polar surface area (TPSA) is 27.7 Å². The Morgan fingerprint density at radius 3 is 2.16 bits per heavy atom. The van der Waals surface area contributed by atoms with Crippen molar-refractivity contribution in [1.82, 2.24) is 0 Å². The van der Waals surface area contributed by atoms with Gasteiger partial charge in [0.25, 0.3) is 0 Å². The number of thiophene rings is 1. The molecule has 25 heavy (non-hydrogen) atoms. The smallest absolute Gasteiger partial charge is 0.172 e. The van der Waals surface area contributed by atoms with Crippen LogP contribution in [0.5, 0.6) is 11.5 Å². The Kier molecular flexibility index (Phi) is 11.1. The van der Waals surface area contributed by atoms with E-state index in [0.29, 0.717) is 13.2 Å². The zero-order chi connectivity index (χ0) is 17.6. The molecule has 0 saturated heterocycles. The molecule has 0 bridgehead atoms. The fourth-order valence-corrected chi connectivity index (χ4v) is 3.87. The highest BCUT2D eigenvalue weighted by molar-refractivity contribution is 7.08. The molecule has 0 amide bonds. The van der Waals surface area contributed by atoms with Gasteiger partial charge in [0.1, 0.15) is 6.61 Å². The molecule has 1 unspecified atom stereocenters. The van der Waals surface area contributed by atoms with Crippen LogP contribution in [0.15, 0.2) is 10.8 Å². The minimum Gasteiger partial charge on any atom is -0.485 e. The maximum Gasteiger partial charge on any atom is 0.172 e. The van der Waals surface area contributed by atoms with Crippen LogP contribution in [-0.4, -0.2) is 25.9 Å². The summed E-state index contributed by atoms with van der Waals surface area (Å²) in [6, 6.07) is 0. The molecule has 1 atom stereocenters. The van der Waals surface area contributed by atoms with Crippen molar-refractivity contribution in [2.24, 2.45) is 0 Å². The lowest BCUT2D eigenvalue weighted by atomic mass is 10.1. The van der Waals surface area contributed by atoms with Gasteiger partial charge in [-0.05, 0) is 6.42 Å². The first-order valence-corrected chi connectivity index (χ1v) is 11.3. The van der Waals surface area contributed by atoms with Crippen LogP contribution in [0.3, 0.4) is 0 Å². The van der Waals surface area contributed by atoms with Crippen LogP contribution in [0.2, 0.25) is 0 Å². The van der Waals surface area contributed by atoms with Crippen LogP contribution in [0.4, 0.5) is 0 Å². The SMILES string of the molecule is CCCCCCCCCCCCCCOCC1COc2cscc2O1. The van der Waals surface area contributed by atoms with E-state index < -0.39 is 0 Å². The Morgan fingerprint density at radius 1 is 0.880 bits per heavy atom. The van der Waals surface area contributed by atoms with Gasteiger partial charge >= 0.3 is 0 Å². The molecule has 3 nitrogen and oxygen atoms in total. The van der Waals surface area contributed by atoms with E-state index >= 15 is 0 Å². The Balaban J connectivity index is 1.31. The summed E-state index contributed by atoms with van der Waals surface area (Å²) >= 11 is 1.62. The summed E-state index contributed by atoms with van der Waals surface area (Å²) in [5.41, 5.74) is 0. The quantitative estimate of drug-likeness (QED) is 0.326. The zero-order valence-electron chi connectivity index (χ0n) is 16.0. The number of unbranched alkanes of at least 4 members (excludes halogenated alkanes) is 11. The number of fused-ring (bicyclic) bond motifs is 1. The summed E-state index contributed by atoms with van der Waals surface area (Å²) in [5, 5.41) is 3.98. The summed E-state index contributed by atoms with van der Waals surface area (Å²) in [7, 11) is 0. The molecule has 0 fully saturated rings. The highest BCUT2D eigenvalue weighted by atomic mass is 32.1. The summed E-state index contributed by atoms with van der Waals surface area (Å²) in [5.74, 6) is 1.75. The van der Waals surface area contributed by atoms with E-state index in [1.165, 1.54) is 70.6 Å². The summed E-state index contributed by atoms with van der Waals surface area (Å²) < 4.78 is 17.3. The van der Waals surface area contributed by atoms with Gasteiger partial charge in [-0.1, -0.05) is 77.6 Å². The van der Waals surface area contributed by atoms with E-state index in [2.05, 4.69) is 6.92 Å². The molecule has 0 aromatic carbocycles. The van der Waals surface area contributed by atoms with Gasteiger partial charge in [0, 0.05) is 17.4 Å². The van der Waals surface area contributed by atoms with Gasteiger partial charge in [-0.25, -0.2) is 0 Å². The second-order valence-corrected chi connectivity index (χ2v) is 7.86. The Bertz CT molecular complexity index is 433. The molecule has 0 radical (unpaired) electrons. The van der Waals surface area contributed by atoms with Crippen molar-refractivity contribution >= 4 is 11.3 Å². The van der Waals surface area contributed by atoms with E-state index in [4.69, 9.17) is 14.2 Å². The first-order valence-electron chi connectivity index (χ1n) is 10.3. The molecular weight excluding hydrogens is 332 g/mol. The van der Waals surface area contributed by atoms with Crippen molar-refractivity contribution in [2.45, 2.75) is 90.1 Å². The van der Waals surface area contributed by atoms with E-state index in [0.717, 1.165) is 24.5 Å². The van der Waals surface area contributed by atoms with Crippen molar-refractivity contribution in [3.05, 3.63) is 10.8 Å². The fourth-order valence-electron chi connectivity index (χ4n) is 3.20. The zero-order valence-corrected chi connectivity index (χ0v) is 16.8. The van der Waals surface area contributed by atoms with Crippen LogP contribution in [-0.2, 0) is 4.74 Å². The van der Waals surface area contributed by atoms with Gasteiger partial charge in [-0.15, -0.1) is 11.3 Å². The summed E-state index contributed by atoms with van der Waals surface area (Å²) in [4.78, 5) is 0. The van der Waals surface area contributed by atoms with Gasteiger partial charge in [-0.3, -0.25) is 0 Å². The van der Waals surface area contributed by atoms with Crippen molar-refractivity contribution < 1.29 is 14.2 Å². The molecule has 0 saturated carbocycles. The van der Waals surface area contributed by atoms with E-state index in [1.807, 2.05) is 10.8 Å². The lowest BCUT2D eigenvalue weighted by Gasteiger charge is -2.24. The summed E-state index contributed by atoms with van der Waals surface area (Å²) in [6.07, 6.45) is 16.6. The van der Waals surface area contributed by atoms with Gasteiger partial charge in [0.05, 0.1) is 6.61 Å². The molecule has 1 aromatic rings. The van der Waals surface area contributed by atoms with Crippen LogP contribution < -0.4 is 9.47 Å². The van der Waals surface area contributed by atoms with Gasteiger partial charge in [0.2, 0.25) is 0 Å². The van der Waals surface area contributed by atoms with Gasteiger partial charge in [0.15, 0.2) is 17.6 Å². The average Bonchev–Trinajstić information content (AvgIpc) is 3.10. The largest absolute Gasteiger partial charge is 0.485 e. The summed E-state index contributed by atoms with van der Waals surface area (Å²) in [6.45, 7) is 4.35. The molecule has 2 heterocycles. The molecule has 0 N–H and O–H groups in total. The van der Waals surface area contributed by atoms with Crippen LogP contribution >= 0.6 is 11.3 Å². The molecule has 1 aromatic heterocycles. The Morgan fingerprint density at radius 2 is 1.48 bits per heavy atom. The van der Waals surface area contributed by atoms with Crippen molar-refractivity contribution in [1.29, 1.82) is 0 Å². The molecule has 0 aliphatic carbocycles. The number of hydrogen-bond acceptors (Lipinski definition) is 4. The molecule has 144 valence electrons. The third kappa shape index (κ3) is 8.96. The van der Waals surface area contributed by atoms with Crippen molar-refractivity contribution in [2.75, 3.05) is 19.8 Å². The first-order chi connectivity index (χ1) is 12.4. The van der Waals surface area contributed by atoms with Crippen molar-refractivity contribution in [3.8, 4) is 11.5 Å². The maximum atomic E-state index is 5.85. The highest BCUT2D eigenvalue weighted by Gasteiger charge is 2.21. The van der Waals surface area contributed by atoms with Crippen LogP contribution in [0.25, 0.3) is 0 Å². The van der Waals surface area contributed by atoms with Crippen LogP contribution in [0.1, 0.15) is 84.0 Å². The van der Waals surface area contributed by atoms with E-state index in [-0.39, 0.29) is 6.10 Å². The molecule has 4 heteroatoms. The lowest BCUT2D eigenvalue weighted by Crippen LogP contribution is -2.33. The maximum absolute atomic E-state index is 5.85. The molecular formula is C21H36O3S. The molecule has 1 aliphatic heterocycles. The second kappa shape index (κ2) is 13.5.